The fourth-order valence-corrected chi connectivity index (χ4v) is 3.52. The molecule has 1 aromatic heterocycles. The van der Waals surface area contributed by atoms with Crippen LogP contribution in [-0.2, 0) is 0 Å². The van der Waals surface area contributed by atoms with Crippen LogP contribution in [0.2, 0.25) is 0 Å². The summed E-state index contributed by atoms with van der Waals surface area (Å²) >= 11 is 0. The van der Waals surface area contributed by atoms with Crippen molar-refractivity contribution < 1.29 is 9.32 Å². The Morgan fingerprint density at radius 1 is 1.11 bits per heavy atom. The van der Waals surface area contributed by atoms with Gasteiger partial charge in [-0.25, -0.2) is 4.79 Å². The van der Waals surface area contributed by atoms with Crippen molar-refractivity contribution in [3.05, 3.63) is 65.5 Å². The molecule has 0 radical (unpaired) electrons. The smallest absolute Gasteiger partial charge is 0.322 e. The van der Waals surface area contributed by atoms with E-state index in [1.807, 2.05) is 67.3 Å². The van der Waals surface area contributed by atoms with Crippen LogP contribution >= 0.6 is 0 Å². The van der Waals surface area contributed by atoms with Crippen LogP contribution in [0.3, 0.4) is 0 Å². The summed E-state index contributed by atoms with van der Waals surface area (Å²) in [7, 11) is 0. The van der Waals surface area contributed by atoms with Crippen molar-refractivity contribution in [1.29, 1.82) is 0 Å². The van der Waals surface area contributed by atoms with E-state index >= 15 is 0 Å². The van der Waals surface area contributed by atoms with Crippen LogP contribution in [0.15, 0.2) is 53.1 Å². The molecule has 1 fully saturated rings. The molecule has 6 heteroatoms. The molecule has 28 heavy (non-hydrogen) atoms. The van der Waals surface area contributed by atoms with Gasteiger partial charge in [-0.3, -0.25) is 0 Å². The van der Waals surface area contributed by atoms with Gasteiger partial charge in [-0.05, 0) is 44.7 Å². The number of aryl methyl sites for hydroxylation is 2. The highest BCUT2D eigenvalue weighted by Crippen LogP contribution is 2.32. The van der Waals surface area contributed by atoms with E-state index in [9.17, 15) is 4.79 Å². The Morgan fingerprint density at radius 2 is 1.89 bits per heavy atom. The Labute approximate surface area is 164 Å². The first-order chi connectivity index (χ1) is 13.6. The number of piperidine rings is 1. The number of urea groups is 1. The molecule has 0 spiro atoms. The molecule has 1 unspecified atom stereocenters. The maximum atomic E-state index is 12.9. The first-order valence-electron chi connectivity index (χ1n) is 9.66. The maximum Gasteiger partial charge on any atom is 0.322 e. The Balaban J connectivity index is 1.55. The molecule has 1 aliphatic rings. The molecule has 0 saturated carbocycles. The number of carbonyl (C=O) groups excluding carboxylic acids is 1. The second kappa shape index (κ2) is 7.84. The lowest BCUT2D eigenvalue weighted by Crippen LogP contribution is -2.41. The van der Waals surface area contributed by atoms with Crippen LogP contribution in [0.4, 0.5) is 10.5 Å². The van der Waals surface area contributed by atoms with E-state index in [2.05, 4.69) is 15.5 Å². The second-order valence-corrected chi connectivity index (χ2v) is 7.27. The molecule has 0 aliphatic carbocycles. The average Bonchev–Trinajstić information content (AvgIpc) is 3.20. The molecule has 2 aromatic carbocycles. The summed E-state index contributed by atoms with van der Waals surface area (Å²) in [5.41, 5.74) is 3.94. The van der Waals surface area contributed by atoms with Gasteiger partial charge in [0.1, 0.15) is 6.04 Å². The van der Waals surface area contributed by atoms with E-state index in [0.29, 0.717) is 18.3 Å². The van der Waals surface area contributed by atoms with Gasteiger partial charge in [0.25, 0.3) is 0 Å². The number of likely N-dealkylation sites (tertiary alicyclic amines) is 1. The largest absolute Gasteiger partial charge is 0.337 e. The topological polar surface area (TPSA) is 71.3 Å². The summed E-state index contributed by atoms with van der Waals surface area (Å²) < 4.78 is 5.56. The quantitative estimate of drug-likeness (QED) is 0.689. The summed E-state index contributed by atoms with van der Waals surface area (Å²) in [6.07, 6.45) is 2.81. The van der Waals surface area contributed by atoms with Crippen LogP contribution in [0.25, 0.3) is 11.4 Å². The molecular formula is C22H24N4O2. The molecule has 144 valence electrons. The number of carbonyl (C=O) groups is 1. The third kappa shape index (κ3) is 3.76. The van der Waals surface area contributed by atoms with Gasteiger partial charge in [-0.1, -0.05) is 53.2 Å². The lowest BCUT2D eigenvalue weighted by molar-refractivity contribution is 0.142. The SMILES string of the molecule is Cc1ccc(-c2noc(C3CCCCN3C(=O)Nc3ccccc3C)n2)cc1. The number of nitrogens with zero attached hydrogens (tertiary/aromatic N) is 3. The van der Waals surface area contributed by atoms with Crippen LogP contribution in [0, 0.1) is 13.8 Å². The predicted molar refractivity (Wildman–Crippen MR) is 108 cm³/mol. The Kier molecular flexibility index (Phi) is 5.10. The van der Waals surface area contributed by atoms with Crippen molar-refractivity contribution in [2.75, 3.05) is 11.9 Å². The van der Waals surface area contributed by atoms with Gasteiger partial charge in [-0.15, -0.1) is 0 Å². The standard InChI is InChI=1S/C22H24N4O2/c1-15-10-12-17(13-11-15)20-24-21(28-25-20)19-9-5-6-14-26(19)22(27)23-18-8-4-3-7-16(18)2/h3-4,7-8,10-13,19H,5-6,9,14H2,1-2H3,(H,23,27). The lowest BCUT2D eigenvalue weighted by Gasteiger charge is -2.33. The highest BCUT2D eigenvalue weighted by molar-refractivity contribution is 5.90. The molecule has 1 saturated heterocycles. The first kappa shape index (κ1) is 18.2. The second-order valence-electron chi connectivity index (χ2n) is 7.27. The summed E-state index contributed by atoms with van der Waals surface area (Å²) in [5, 5.41) is 7.16. The summed E-state index contributed by atoms with van der Waals surface area (Å²) in [6.45, 7) is 4.69. The molecule has 1 N–H and O–H groups in total. The number of benzene rings is 2. The normalized spacial score (nSPS) is 16.8. The number of anilines is 1. The van der Waals surface area contributed by atoms with Crippen LogP contribution in [-0.4, -0.2) is 27.6 Å². The van der Waals surface area contributed by atoms with Gasteiger partial charge < -0.3 is 14.7 Å². The zero-order valence-electron chi connectivity index (χ0n) is 16.2. The van der Waals surface area contributed by atoms with Gasteiger partial charge >= 0.3 is 6.03 Å². The van der Waals surface area contributed by atoms with E-state index < -0.39 is 0 Å². The van der Waals surface area contributed by atoms with Gasteiger partial charge in [0, 0.05) is 17.8 Å². The number of hydrogen-bond acceptors (Lipinski definition) is 4. The van der Waals surface area contributed by atoms with Crippen molar-refractivity contribution >= 4 is 11.7 Å². The van der Waals surface area contributed by atoms with Crippen molar-refractivity contribution in [3.8, 4) is 11.4 Å². The summed E-state index contributed by atoms with van der Waals surface area (Å²) in [6, 6.07) is 15.4. The number of hydrogen-bond donors (Lipinski definition) is 1. The van der Waals surface area contributed by atoms with Crippen molar-refractivity contribution in [3.63, 3.8) is 0 Å². The van der Waals surface area contributed by atoms with Gasteiger partial charge in [0.15, 0.2) is 0 Å². The van der Waals surface area contributed by atoms with E-state index in [-0.39, 0.29) is 12.1 Å². The lowest BCUT2D eigenvalue weighted by atomic mass is 10.0. The monoisotopic (exact) mass is 376 g/mol. The number of amides is 2. The van der Waals surface area contributed by atoms with Gasteiger partial charge in [0.2, 0.25) is 11.7 Å². The molecule has 2 amide bonds. The van der Waals surface area contributed by atoms with Crippen LogP contribution in [0.5, 0.6) is 0 Å². The minimum Gasteiger partial charge on any atom is -0.337 e. The third-order valence-electron chi connectivity index (χ3n) is 5.19. The van der Waals surface area contributed by atoms with Crippen LogP contribution < -0.4 is 5.32 Å². The predicted octanol–water partition coefficient (Wildman–Crippen LogP) is 5.11. The average molecular weight is 376 g/mol. The van der Waals surface area contributed by atoms with Gasteiger partial charge in [0.05, 0.1) is 0 Å². The van der Waals surface area contributed by atoms with E-state index in [1.165, 1.54) is 5.56 Å². The molecule has 1 aliphatic heterocycles. The minimum absolute atomic E-state index is 0.130. The van der Waals surface area contributed by atoms with E-state index in [4.69, 9.17) is 4.52 Å². The molecule has 3 aromatic rings. The zero-order valence-corrected chi connectivity index (χ0v) is 16.2. The number of aromatic nitrogens is 2. The van der Waals surface area contributed by atoms with Crippen molar-refractivity contribution in [2.45, 2.75) is 39.2 Å². The number of nitrogens with one attached hydrogen (secondary N) is 1. The first-order valence-corrected chi connectivity index (χ1v) is 9.66. The molecule has 1 atom stereocenters. The zero-order chi connectivity index (χ0) is 19.5. The van der Waals surface area contributed by atoms with Crippen molar-refractivity contribution in [1.82, 2.24) is 15.0 Å². The Hall–Kier alpha value is -3.15. The molecular weight excluding hydrogens is 352 g/mol. The summed E-state index contributed by atoms with van der Waals surface area (Å²) in [4.78, 5) is 19.3. The van der Waals surface area contributed by atoms with Gasteiger partial charge in [-0.2, -0.15) is 4.98 Å². The fraction of sp³-hybridized carbons (Fsp3) is 0.318. The maximum absolute atomic E-state index is 12.9. The molecule has 6 nitrogen and oxygen atoms in total. The molecule has 0 bridgehead atoms. The Bertz CT molecular complexity index is 965. The number of rotatable bonds is 3. The highest BCUT2D eigenvalue weighted by atomic mass is 16.5. The van der Waals surface area contributed by atoms with Crippen LogP contribution in [0.1, 0.15) is 42.3 Å². The third-order valence-corrected chi connectivity index (χ3v) is 5.19. The highest BCUT2D eigenvalue weighted by Gasteiger charge is 2.32. The molecule has 2 heterocycles. The van der Waals surface area contributed by atoms with E-state index in [0.717, 1.165) is 36.1 Å². The summed E-state index contributed by atoms with van der Waals surface area (Å²) in [5.74, 6) is 1.05. The Morgan fingerprint density at radius 3 is 2.68 bits per heavy atom. The van der Waals surface area contributed by atoms with E-state index in [1.54, 1.807) is 0 Å². The van der Waals surface area contributed by atoms with Crippen molar-refractivity contribution in [2.24, 2.45) is 0 Å². The minimum atomic E-state index is -0.204. The fourth-order valence-electron chi connectivity index (χ4n) is 3.52. The number of para-hydroxylation sites is 1. The molecule has 4 rings (SSSR count).